The summed E-state index contributed by atoms with van der Waals surface area (Å²) in [6.07, 6.45) is -0.730. The molecule has 0 aliphatic heterocycles. The van der Waals surface area contributed by atoms with Crippen molar-refractivity contribution in [3.63, 3.8) is 0 Å². The van der Waals surface area contributed by atoms with Gasteiger partial charge in [-0.15, -0.1) is 0 Å². The van der Waals surface area contributed by atoms with E-state index in [9.17, 15) is 0 Å². The maximum absolute atomic E-state index is 7.85. The molecule has 2 nitrogen and oxygen atoms in total. The molecule has 0 radical (unpaired) electrons. The lowest BCUT2D eigenvalue weighted by Crippen LogP contribution is -1.93. The van der Waals surface area contributed by atoms with Gasteiger partial charge in [-0.3, -0.25) is 4.98 Å². The Balaban J connectivity index is 3.79. The second-order valence-electron chi connectivity index (χ2n) is 1.61. The number of nitrogen functional groups attached to an aromatic ring is 1. The van der Waals surface area contributed by atoms with Gasteiger partial charge < -0.3 is 5.73 Å². The van der Waals surface area contributed by atoms with E-state index in [2.05, 4.69) is 4.98 Å². The monoisotopic (exact) mass is 146 g/mol. The normalized spacial score (nSPS) is 28.4. The largest absolute Gasteiger partial charge is 0.397 e. The van der Waals surface area contributed by atoms with Crippen LogP contribution < -0.4 is 5.73 Å². The molecule has 2 N–H and O–H groups in total. The molecule has 0 saturated carbocycles. The van der Waals surface area contributed by atoms with Gasteiger partial charge in [0.1, 0.15) is 0 Å². The molecule has 0 spiro atoms. The molecule has 0 aromatic carbocycles. The Kier molecular flexibility index (Phi) is 0.424. The number of nitrogens with zero attached hydrogens (tertiary/aromatic N) is 1. The van der Waals surface area contributed by atoms with Crippen molar-refractivity contribution in [2.75, 3.05) is 5.73 Å². The lowest BCUT2D eigenvalue weighted by molar-refractivity contribution is 0.823. The summed E-state index contributed by atoms with van der Waals surface area (Å²) < 4.78 is 74.0. The fraction of sp³-hybridized carbons (Fsp3) is 0.375. The summed E-state index contributed by atoms with van der Waals surface area (Å²) in [5.74, 6) is -3.21. The number of aromatic nitrogens is 1. The first-order chi connectivity index (χ1) is 8.75. The second kappa shape index (κ2) is 2.69. The van der Waals surface area contributed by atoms with E-state index in [4.69, 9.17) is 19.4 Å². The zero-order chi connectivity index (χ0) is 16.1. The summed E-state index contributed by atoms with van der Waals surface area (Å²) in [5, 5.41) is 0. The molecule has 1 rings (SSSR count). The van der Waals surface area contributed by atoms with E-state index in [1.165, 1.54) is 0 Å². The third kappa shape index (κ3) is 1.47. The number of rotatable bonds is 1. The Hall–Kier alpha value is -1.05. The fourth-order valence-corrected chi connectivity index (χ4v) is 0.417. The summed E-state index contributed by atoms with van der Waals surface area (Å²) in [7, 11) is 0. The van der Waals surface area contributed by atoms with Gasteiger partial charge in [-0.2, -0.15) is 0 Å². The van der Waals surface area contributed by atoms with Crippen LogP contribution in [0.15, 0.2) is 18.3 Å². The van der Waals surface area contributed by atoms with Gasteiger partial charge in [0.2, 0.25) is 0 Å². The number of nitrogens with two attached hydrogens (primary N) is 1. The molecule has 54 valence electrons. The van der Waals surface area contributed by atoms with E-state index in [0.717, 1.165) is 0 Å². The zero-order valence-electron chi connectivity index (χ0n) is 15.0. The van der Waals surface area contributed by atoms with Gasteiger partial charge in [-0.05, 0) is 18.0 Å². The van der Waals surface area contributed by atoms with Crippen molar-refractivity contribution in [1.82, 2.24) is 4.98 Å². The molecule has 1 aromatic heterocycles. The summed E-state index contributed by atoms with van der Waals surface area (Å²) >= 11 is 0. The average molecular weight is 146 g/mol. The minimum Gasteiger partial charge on any atom is -0.397 e. The molecule has 10 heavy (non-hydrogen) atoms. The van der Waals surface area contributed by atoms with Crippen LogP contribution in [-0.4, -0.2) is 4.98 Å². The van der Waals surface area contributed by atoms with Crippen molar-refractivity contribution < 1.29 is 13.7 Å². The van der Waals surface area contributed by atoms with Crippen LogP contribution in [-0.2, 0) is 0 Å². The summed E-state index contributed by atoms with van der Waals surface area (Å²) in [4.78, 5) is 3.36. The Morgan fingerprint density at radius 3 is 3.30 bits per heavy atom. The second-order valence-corrected chi connectivity index (χ2v) is 1.61. The third-order valence-corrected chi connectivity index (χ3v) is 0.841. The highest BCUT2D eigenvalue weighted by molar-refractivity contribution is 5.34. The van der Waals surface area contributed by atoms with Crippen molar-refractivity contribution in [2.24, 2.45) is 0 Å². The van der Waals surface area contributed by atoms with E-state index >= 15 is 0 Å². The number of hydrogen-bond acceptors (Lipinski definition) is 2. The molecule has 0 saturated heterocycles. The quantitative estimate of drug-likeness (QED) is 0.656. The van der Waals surface area contributed by atoms with Crippen molar-refractivity contribution in [3.05, 3.63) is 24.0 Å². The Morgan fingerprint density at radius 1 is 1.80 bits per heavy atom. The Labute approximate surface area is 75.1 Å². The van der Waals surface area contributed by atoms with Crippen molar-refractivity contribution in [1.29, 1.82) is 0 Å². The first-order valence-corrected chi connectivity index (χ1v) is 2.49. The fourth-order valence-electron chi connectivity index (χ4n) is 0.417. The molecule has 0 fully saturated rings. The van der Waals surface area contributed by atoms with Gasteiger partial charge in [-0.25, -0.2) is 0 Å². The summed E-state index contributed by atoms with van der Waals surface area (Å²) in [6, 6.07) is -1.59. The molecule has 1 heterocycles. The molecule has 0 amide bonds. The molecule has 2 heteroatoms. The van der Waals surface area contributed by atoms with Crippen LogP contribution in [0.25, 0.3) is 0 Å². The molecular formula is C8H12N2. The maximum atomic E-state index is 7.85. The molecule has 0 aliphatic rings. The number of hydrogen-bond donors (Lipinski definition) is 1. The van der Waals surface area contributed by atoms with Gasteiger partial charge in [0.15, 0.2) is 0 Å². The van der Waals surface area contributed by atoms with Gasteiger partial charge in [-0.1, -0.05) is 13.7 Å². The lowest BCUT2D eigenvalue weighted by atomic mass is 10.1. The minimum atomic E-state index is -3.32. The highest BCUT2D eigenvalue weighted by Crippen LogP contribution is 2.11. The van der Waals surface area contributed by atoms with Crippen LogP contribution in [0.5, 0.6) is 0 Å². The van der Waals surface area contributed by atoms with Crippen LogP contribution in [0, 0.1) is 0 Å². The van der Waals surface area contributed by atoms with Gasteiger partial charge in [0.25, 0.3) is 0 Å². The molecule has 1 aromatic rings. The first-order valence-electron chi connectivity index (χ1n) is 7.49. The smallest absolute Gasteiger partial charge is 0.0862 e. The predicted octanol–water partition coefficient (Wildman–Crippen LogP) is 1.79. The van der Waals surface area contributed by atoms with E-state index in [1.54, 1.807) is 0 Å². The molecular weight excluding hydrogens is 124 g/mol. The van der Waals surface area contributed by atoms with E-state index in [-0.39, 0.29) is 0 Å². The van der Waals surface area contributed by atoms with Crippen LogP contribution >= 0.6 is 0 Å². The lowest BCUT2D eigenvalue weighted by Gasteiger charge is -2.02. The van der Waals surface area contributed by atoms with Crippen molar-refractivity contribution in [3.8, 4) is 0 Å². The van der Waals surface area contributed by atoms with Gasteiger partial charge >= 0.3 is 0 Å². The number of pyridine rings is 1. The highest BCUT2D eigenvalue weighted by atomic mass is 14.7. The third-order valence-electron chi connectivity index (χ3n) is 0.841. The highest BCUT2D eigenvalue weighted by Gasteiger charge is 1.97. The SMILES string of the molecule is [2H]c1nc(C([2H])(C([2H])([2H])[2H])C([2H])([2H])[2H])c([2H])c([2H])c1N. The van der Waals surface area contributed by atoms with Crippen LogP contribution in [0.2, 0.25) is 0 Å². The average Bonchev–Trinajstić information content (AvgIpc) is 2.27. The topological polar surface area (TPSA) is 38.9 Å². The van der Waals surface area contributed by atoms with E-state index < -0.39 is 49.2 Å². The van der Waals surface area contributed by atoms with Crippen molar-refractivity contribution >= 4 is 5.69 Å². The van der Waals surface area contributed by atoms with Crippen molar-refractivity contribution in [2.45, 2.75) is 19.6 Å². The standard InChI is InChI=1S/C8H12N2/c1-6(2)8-4-3-7(9)5-10-8/h3-6H,9H2,1-2H3/i1D3,2D3,3D,4D,5D,6D. The first kappa shape index (κ1) is 1.58. The molecule has 0 unspecified atom stereocenters. The van der Waals surface area contributed by atoms with Crippen LogP contribution in [0.3, 0.4) is 0 Å². The maximum Gasteiger partial charge on any atom is 0.0862 e. The van der Waals surface area contributed by atoms with E-state index in [0.29, 0.717) is 0 Å². The molecule has 0 bridgehead atoms. The Morgan fingerprint density at radius 2 is 2.60 bits per heavy atom. The molecule has 0 aliphatic carbocycles. The Bertz CT molecular complexity index is 518. The zero-order valence-corrected chi connectivity index (χ0v) is 5.02. The van der Waals surface area contributed by atoms with Gasteiger partial charge in [0, 0.05) is 15.3 Å². The summed E-state index contributed by atoms with van der Waals surface area (Å²) in [5.41, 5.74) is 3.87. The van der Waals surface area contributed by atoms with Gasteiger partial charge in [0.05, 0.1) is 16.0 Å². The summed E-state index contributed by atoms with van der Waals surface area (Å²) in [6.45, 7) is -6.65. The predicted molar refractivity (Wildman–Crippen MR) is 42.7 cm³/mol. The minimum absolute atomic E-state index is 0.475. The molecule has 0 atom stereocenters. The van der Waals surface area contributed by atoms with Crippen LogP contribution in [0.4, 0.5) is 5.69 Å². The number of anilines is 1. The van der Waals surface area contributed by atoms with E-state index in [1.807, 2.05) is 0 Å². The van der Waals surface area contributed by atoms with Crippen LogP contribution in [0.1, 0.15) is 39.0 Å².